The highest BCUT2D eigenvalue weighted by molar-refractivity contribution is 5.85. The molecule has 2 fully saturated rings. The SMILES string of the molecule is CC(=O)[C@@](O)(C[C@@H]1O[C@H]1[C@@H](C)[C@H](C)O)[C@@H]1C[C@H](O)CCO1. The predicted octanol–water partition coefficient (Wildman–Crippen LogP) is 0.0208. The van der Waals surface area contributed by atoms with Crippen molar-refractivity contribution in [1.29, 1.82) is 0 Å². The van der Waals surface area contributed by atoms with E-state index in [4.69, 9.17) is 9.47 Å². The number of aliphatic hydroxyl groups excluding tert-OH is 2. The molecule has 21 heavy (non-hydrogen) atoms. The van der Waals surface area contributed by atoms with Gasteiger partial charge in [-0.1, -0.05) is 6.92 Å². The molecule has 0 aromatic carbocycles. The number of ketones is 1. The third kappa shape index (κ3) is 3.63. The molecule has 122 valence electrons. The predicted molar refractivity (Wildman–Crippen MR) is 74.7 cm³/mol. The topological polar surface area (TPSA) is 99.5 Å². The van der Waals surface area contributed by atoms with E-state index >= 15 is 0 Å². The van der Waals surface area contributed by atoms with Gasteiger partial charge in [0.2, 0.25) is 0 Å². The number of hydrogen-bond donors (Lipinski definition) is 3. The molecule has 0 amide bonds. The minimum atomic E-state index is -1.64. The lowest BCUT2D eigenvalue weighted by Gasteiger charge is -2.37. The molecule has 2 aliphatic heterocycles. The monoisotopic (exact) mass is 302 g/mol. The van der Waals surface area contributed by atoms with Crippen LogP contribution in [0.5, 0.6) is 0 Å². The Morgan fingerprint density at radius 2 is 2.10 bits per heavy atom. The molecule has 2 rings (SSSR count). The first-order valence-corrected chi connectivity index (χ1v) is 7.62. The van der Waals surface area contributed by atoms with E-state index in [1.165, 1.54) is 6.92 Å². The van der Waals surface area contributed by atoms with Crippen LogP contribution in [0.15, 0.2) is 0 Å². The van der Waals surface area contributed by atoms with Crippen molar-refractivity contribution in [3.8, 4) is 0 Å². The van der Waals surface area contributed by atoms with Crippen molar-refractivity contribution in [3.63, 3.8) is 0 Å². The highest BCUT2D eigenvalue weighted by atomic mass is 16.6. The van der Waals surface area contributed by atoms with Crippen LogP contribution in [0.1, 0.15) is 40.0 Å². The molecule has 0 aromatic heterocycles. The lowest BCUT2D eigenvalue weighted by Crippen LogP contribution is -2.54. The maximum Gasteiger partial charge on any atom is 0.164 e. The van der Waals surface area contributed by atoms with Crippen LogP contribution in [0.25, 0.3) is 0 Å². The Labute approximate surface area is 125 Å². The van der Waals surface area contributed by atoms with Crippen molar-refractivity contribution in [2.75, 3.05) is 6.61 Å². The highest BCUT2D eigenvalue weighted by Crippen LogP contribution is 2.39. The molecular weight excluding hydrogens is 276 g/mol. The van der Waals surface area contributed by atoms with Crippen molar-refractivity contribution in [2.45, 2.75) is 76.2 Å². The summed E-state index contributed by atoms with van der Waals surface area (Å²) in [7, 11) is 0. The summed E-state index contributed by atoms with van der Waals surface area (Å²) in [6.07, 6.45) is -1.26. The number of epoxide rings is 1. The van der Waals surface area contributed by atoms with Gasteiger partial charge in [-0.3, -0.25) is 4.79 Å². The average Bonchev–Trinajstić information content (AvgIpc) is 3.16. The van der Waals surface area contributed by atoms with E-state index in [1.54, 1.807) is 6.92 Å². The van der Waals surface area contributed by atoms with Gasteiger partial charge in [0.15, 0.2) is 11.4 Å². The standard InChI is InChI=1S/C15H26O6/c1-8(9(2)16)14-12(21-14)7-15(19,10(3)17)13-6-11(18)4-5-20-13/h8-9,11-14,16,18-19H,4-7H2,1-3H3/t8-,9-,11+,12-,13-,14-,15-/m0/s1. The molecule has 3 N–H and O–H groups in total. The van der Waals surface area contributed by atoms with E-state index in [9.17, 15) is 20.1 Å². The second-order valence-electron chi connectivity index (χ2n) is 6.46. The molecule has 6 heteroatoms. The van der Waals surface area contributed by atoms with Crippen LogP contribution in [-0.4, -0.2) is 63.8 Å². The maximum atomic E-state index is 11.9. The van der Waals surface area contributed by atoms with Gasteiger partial charge in [0, 0.05) is 25.4 Å². The Morgan fingerprint density at radius 3 is 2.62 bits per heavy atom. The Bertz CT molecular complexity index is 384. The Balaban J connectivity index is 2.01. The molecule has 0 unspecified atom stereocenters. The zero-order valence-corrected chi connectivity index (χ0v) is 12.9. The number of carbonyl (C=O) groups excluding carboxylic acids is 1. The minimum absolute atomic E-state index is 0.0518. The number of carbonyl (C=O) groups is 1. The van der Waals surface area contributed by atoms with Gasteiger partial charge in [0.25, 0.3) is 0 Å². The first-order chi connectivity index (χ1) is 9.75. The Hall–Kier alpha value is -0.530. The zero-order chi connectivity index (χ0) is 15.8. The van der Waals surface area contributed by atoms with E-state index in [2.05, 4.69) is 0 Å². The van der Waals surface area contributed by atoms with Crippen molar-refractivity contribution in [3.05, 3.63) is 0 Å². The summed E-state index contributed by atoms with van der Waals surface area (Å²) in [6, 6.07) is 0. The number of aliphatic hydroxyl groups is 3. The van der Waals surface area contributed by atoms with Crippen molar-refractivity contribution in [2.24, 2.45) is 5.92 Å². The summed E-state index contributed by atoms with van der Waals surface area (Å²) in [6.45, 7) is 5.24. The van der Waals surface area contributed by atoms with Crippen LogP contribution < -0.4 is 0 Å². The maximum absolute atomic E-state index is 11.9. The molecule has 0 aliphatic carbocycles. The summed E-state index contributed by atoms with van der Waals surface area (Å²) in [5.41, 5.74) is -1.64. The fourth-order valence-corrected chi connectivity index (χ4v) is 2.98. The van der Waals surface area contributed by atoms with Crippen LogP contribution in [0.2, 0.25) is 0 Å². The summed E-state index contributed by atoms with van der Waals surface area (Å²) < 4.78 is 11.0. The third-order valence-corrected chi connectivity index (χ3v) is 4.81. The van der Waals surface area contributed by atoms with E-state index in [-0.39, 0.29) is 36.8 Å². The van der Waals surface area contributed by atoms with Crippen LogP contribution >= 0.6 is 0 Å². The van der Waals surface area contributed by atoms with Gasteiger partial charge in [-0.25, -0.2) is 0 Å². The van der Waals surface area contributed by atoms with Gasteiger partial charge in [0.1, 0.15) is 0 Å². The molecule has 0 spiro atoms. The van der Waals surface area contributed by atoms with Crippen LogP contribution in [0.3, 0.4) is 0 Å². The zero-order valence-electron chi connectivity index (χ0n) is 12.9. The number of Topliss-reactive ketones (excluding diaryl/α,β-unsaturated/α-hetero) is 1. The summed E-state index contributed by atoms with van der Waals surface area (Å²) in [5, 5.41) is 30.0. The number of rotatable bonds is 6. The third-order valence-electron chi connectivity index (χ3n) is 4.81. The van der Waals surface area contributed by atoms with Crippen LogP contribution in [0.4, 0.5) is 0 Å². The lowest BCUT2D eigenvalue weighted by atomic mass is 9.82. The van der Waals surface area contributed by atoms with E-state index in [0.29, 0.717) is 13.0 Å². The molecule has 2 heterocycles. The van der Waals surface area contributed by atoms with Gasteiger partial charge >= 0.3 is 0 Å². The second kappa shape index (κ2) is 6.30. The largest absolute Gasteiger partial charge is 0.393 e. The van der Waals surface area contributed by atoms with Crippen molar-refractivity contribution < 1.29 is 29.6 Å². The molecule has 7 atom stereocenters. The fourth-order valence-electron chi connectivity index (χ4n) is 2.98. The normalized spacial score (nSPS) is 38.4. The molecule has 6 nitrogen and oxygen atoms in total. The first-order valence-electron chi connectivity index (χ1n) is 7.62. The van der Waals surface area contributed by atoms with E-state index in [1.807, 2.05) is 6.92 Å². The Morgan fingerprint density at radius 1 is 1.43 bits per heavy atom. The molecule has 0 saturated carbocycles. The smallest absolute Gasteiger partial charge is 0.164 e. The van der Waals surface area contributed by atoms with Gasteiger partial charge in [-0.15, -0.1) is 0 Å². The second-order valence-corrected chi connectivity index (χ2v) is 6.46. The average molecular weight is 302 g/mol. The van der Waals surface area contributed by atoms with Gasteiger partial charge in [-0.05, 0) is 20.3 Å². The van der Waals surface area contributed by atoms with Crippen LogP contribution in [0, 0.1) is 5.92 Å². The summed E-state index contributed by atoms with van der Waals surface area (Å²) in [5.74, 6) is -0.426. The van der Waals surface area contributed by atoms with Gasteiger partial charge in [-0.2, -0.15) is 0 Å². The van der Waals surface area contributed by atoms with Crippen molar-refractivity contribution in [1.82, 2.24) is 0 Å². The summed E-state index contributed by atoms with van der Waals surface area (Å²) in [4.78, 5) is 11.9. The molecule has 2 saturated heterocycles. The van der Waals surface area contributed by atoms with Crippen molar-refractivity contribution >= 4 is 5.78 Å². The molecular formula is C15H26O6. The molecule has 2 aliphatic rings. The summed E-state index contributed by atoms with van der Waals surface area (Å²) >= 11 is 0. The molecule has 0 radical (unpaired) electrons. The Kier molecular flexibility index (Phi) is 5.05. The van der Waals surface area contributed by atoms with E-state index < -0.39 is 23.9 Å². The van der Waals surface area contributed by atoms with Gasteiger partial charge < -0.3 is 24.8 Å². The quantitative estimate of drug-likeness (QED) is 0.598. The van der Waals surface area contributed by atoms with E-state index in [0.717, 1.165) is 0 Å². The highest BCUT2D eigenvalue weighted by Gasteiger charge is 2.53. The molecule has 0 aromatic rings. The number of hydrogen-bond acceptors (Lipinski definition) is 6. The minimum Gasteiger partial charge on any atom is -0.393 e. The fraction of sp³-hybridized carbons (Fsp3) is 0.933. The lowest BCUT2D eigenvalue weighted by molar-refractivity contribution is -0.171. The van der Waals surface area contributed by atoms with Gasteiger partial charge in [0.05, 0.1) is 30.5 Å². The van der Waals surface area contributed by atoms with Crippen LogP contribution in [-0.2, 0) is 14.3 Å². The number of ether oxygens (including phenoxy) is 2. The first kappa shape index (κ1) is 16.8. The molecule has 0 bridgehead atoms.